The molecule has 0 aliphatic heterocycles. The van der Waals surface area contributed by atoms with Gasteiger partial charge in [-0.15, -0.1) is 0 Å². The van der Waals surface area contributed by atoms with Crippen LogP contribution in [-0.2, 0) is 9.59 Å². The van der Waals surface area contributed by atoms with E-state index in [2.05, 4.69) is 4.74 Å². The quantitative estimate of drug-likeness (QED) is 0.206. The Bertz CT molecular complexity index is 671. The Morgan fingerprint density at radius 2 is 1.33 bits per heavy atom. The molecule has 0 fully saturated rings. The summed E-state index contributed by atoms with van der Waals surface area (Å²) < 4.78 is 83.9. The van der Waals surface area contributed by atoms with Crippen LogP contribution in [-0.4, -0.2) is 29.7 Å². The first-order valence-electron chi connectivity index (χ1n) is 5.38. The summed E-state index contributed by atoms with van der Waals surface area (Å²) in [5.74, 6) is -26.3. The van der Waals surface area contributed by atoms with Gasteiger partial charge in [-0.25, -0.2) is 4.79 Å². The van der Waals surface area contributed by atoms with Crippen molar-refractivity contribution in [2.24, 2.45) is 0 Å². The zero-order valence-electron chi connectivity index (χ0n) is 10.7. The fourth-order valence-electron chi connectivity index (χ4n) is 1.24. The summed E-state index contributed by atoms with van der Waals surface area (Å²) in [5, 5.41) is 10.0. The van der Waals surface area contributed by atoms with Gasteiger partial charge in [0.2, 0.25) is 0 Å². The third kappa shape index (κ3) is 3.85. The average Bonchev–Trinajstić information content (AvgIpc) is 2.41. The van der Waals surface area contributed by atoms with Gasteiger partial charge in [0.05, 0.1) is 7.14 Å². The van der Waals surface area contributed by atoms with Gasteiger partial charge in [0, 0.05) is 3.57 Å². The highest BCUT2D eigenvalue weighted by atomic mass is 127. The van der Waals surface area contributed by atoms with E-state index in [9.17, 15) is 41.0 Å². The number of carbonyl (C=O) groups excluding carboxylic acids is 2. The number of hydrogen-bond donors (Lipinski definition) is 0. The van der Waals surface area contributed by atoms with Crippen molar-refractivity contribution in [2.45, 2.75) is 17.8 Å². The van der Waals surface area contributed by atoms with Crippen molar-refractivity contribution in [1.82, 2.24) is 0 Å². The van der Waals surface area contributed by atoms with E-state index in [0.29, 0.717) is 3.57 Å². The summed E-state index contributed by atoms with van der Waals surface area (Å²) in [6, 6.07) is 2.69. The van der Waals surface area contributed by atoms with E-state index < -0.39 is 35.5 Å². The molecule has 134 valence electrons. The molecule has 0 unspecified atom stereocenters. The van der Waals surface area contributed by atoms with E-state index in [1.165, 1.54) is 12.1 Å². The van der Waals surface area contributed by atoms with Crippen molar-refractivity contribution < 1.29 is 45.8 Å². The molecule has 0 atom stereocenters. The average molecular weight is 693 g/mol. The predicted octanol–water partition coefficient (Wildman–Crippen LogP) is 3.06. The van der Waals surface area contributed by atoms with Crippen LogP contribution in [0.25, 0.3) is 0 Å². The molecule has 0 heterocycles. The Balaban J connectivity index is 3.25. The van der Waals surface area contributed by atoms with Gasteiger partial charge < -0.3 is 14.6 Å². The molecule has 1 rings (SSSR count). The van der Waals surface area contributed by atoms with Crippen LogP contribution in [0.5, 0.6) is 5.75 Å². The van der Waals surface area contributed by atoms with E-state index >= 15 is 0 Å². The molecule has 0 saturated heterocycles. The van der Waals surface area contributed by atoms with E-state index in [1.807, 2.05) is 22.6 Å². The van der Waals surface area contributed by atoms with Gasteiger partial charge in [-0.05, 0) is 79.9 Å². The molecule has 0 radical (unpaired) electrons. The number of alkyl halides is 6. The minimum absolute atomic E-state index is 0.0722. The van der Waals surface area contributed by atoms with Gasteiger partial charge in [0.15, 0.2) is 5.75 Å². The SMILES string of the molecule is O=C([O-])C(F)(F)C(F)(F)C(F)(F)C(=O)Oc1c(I)cc(I)cc1I. The van der Waals surface area contributed by atoms with Crippen LogP contribution in [0.4, 0.5) is 26.3 Å². The minimum atomic E-state index is -6.56. The third-order valence-corrected chi connectivity index (χ3v) is 4.68. The Kier molecular flexibility index (Phi) is 6.66. The molecule has 0 aliphatic carbocycles. The molecule has 4 nitrogen and oxygen atoms in total. The molecule has 13 heteroatoms. The number of hydrogen-bond acceptors (Lipinski definition) is 4. The number of esters is 1. The predicted molar refractivity (Wildman–Crippen MR) is 90.1 cm³/mol. The monoisotopic (exact) mass is 693 g/mol. The van der Waals surface area contributed by atoms with Gasteiger partial charge >= 0.3 is 23.7 Å². The number of rotatable bonds is 5. The maximum atomic E-state index is 13.5. The van der Waals surface area contributed by atoms with Gasteiger partial charge in [0.25, 0.3) is 0 Å². The maximum Gasteiger partial charge on any atom is 0.411 e. The normalized spacial score (nSPS) is 12.9. The number of aliphatic carboxylic acids is 1. The molecule has 0 spiro atoms. The first kappa shape index (κ1) is 22.0. The fourth-order valence-corrected chi connectivity index (χ4v) is 5.04. The molecular formula is C11H2F6I3O4-. The van der Waals surface area contributed by atoms with Crippen molar-refractivity contribution in [2.75, 3.05) is 0 Å². The molecule has 0 aliphatic rings. The summed E-state index contributed by atoms with van der Waals surface area (Å²) in [7, 11) is 0. The second-order valence-electron chi connectivity index (χ2n) is 4.10. The molecule has 24 heavy (non-hydrogen) atoms. The smallest absolute Gasteiger partial charge is 0.411 e. The molecule has 0 bridgehead atoms. The topological polar surface area (TPSA) is 66.4 Å². The lowest BCUT2D eigenvalue weighted by molar-refractivity contribution is -0.365. The lowest BCUT2D eigenvalue weighted by Gasteiger charge is -2.31. The van der Waals surface area contributed by atoms with Crippen LogP contribution in [0, 0.1) is 10.7 Å². The van der Waals surface area contributed by atoms with Gasteiger partial charge in [0.1, 0.15) is 5.97 Å². The first-order valence-corrected chi connectivity index (χ1v) is 8.61. The maximum absolute atomic E-state index is 13.5. The number of halogens is 9. The van der Waals surface area contributed by atoms with Crippen LogP contribution in [0.2, 0.25) is 0 Å². The van der Waals surface area contributed by atoms with E-state index in [-0.39, 0.29) is 7.14 Å². The van der Waals surface area contributed by atoms with Crippen molar-refractivity contribution in [1.29, 1.82) is 0 Å². The number of ether oxygens (including phenoxy) is 1. The van der Waals surface area contributed by atoms with E-state index in [1.54, 1.807) is 45.2 Å². The van der Waals surface area contributed by atoms with E-state index in [4.69, 9.17) is 0 Å². The summed E-state index contributed by atoms with van der Waals surface area (Å²) in [6.45, 7) is 0. The number of benzene rings is 1. The van der Waals surface area contributed by atoms with Crippen LogP contribution in [0.1, 0.15) is 0 Å². The second kappa shape index (κ2) is 7.28. The third-order valence-electron chi connectivity index (χ3n) is 2.46. The van der Waals surface area contributed by atoms with Gasteiger partial charge in [-0.1, -0.05) is 0 Å². The Hall–Kier alpha value is -0.0700. The van der Waals surface area contributed by atoms with Crippen molar-refractivity contribution in [3.05, 3.63) is 22.8 Å². The minimum Gasteiger partial charge on any atom is -0.544 e. The number of carboxylic acid groups (broad SMARTS) is 1. The summed E-state index contributed by atoms with van der Waals surface area (Å²) in [5.41, 5.74) is 0. The highest BCUT2D eigenvalue weighted by Crippen LogP contribution is 2.46. The molecule has 0 aromatic heterocycles. The summed E-state index contributed by atoms with van der Waals surface area (Å²) in [4.78, 5) is 21.3. The second-order valence-corrected chi connectivity index (χ2v) is 7.67. The van der Waals surface area contributed by atoms with Crippen LogP contribution < -0.4 is 9.84 Å². The largest absolute Gasteiger partial charge is 0.544 e. The highest BCUT2D eigenvalue weighted by Gasteiger charge is 2.76. The Morgan fingerprint density at radius 1 is 0.917 bits per heavy atom. The Labute approximate surface area is 170 Å². The summed E-state index contributed by atoms with van der Waals surface area (Å²) >= 11 is 4.94. The van der Waals surface area contributed by atoms with E-state index in [0.717, 1.165) is 0 Å². The van der Waals surface area contributed by atoms with Crippen molar-refractivity contribution in [3.63, 3.8) is 0 Å². The van der Waals surface area contributed by atoms with Crippen molar-refractivity contribution in [3.8, 4) is 5.75 Å². The molecule has 1 aromatic carbocycles. The standard InChI is InChI=1S/C11H3F6I3O4/c12-9(13,7(21)22)11(16,17)10(14,15)8(23)24-6-4(19)1-3(18)2-5(6)20/h1-2H,(H,21,22)/p-1. The molecule has 0 amide bonds. The zero-order valence-corrected chi connectivity index (χ0v) is 17.2. The number of carbonyl (C=O) groups is 2. The number of carboxylic acids is 1. The molecule has 0 saturated carbocycles. The van der Waals surface area contributed by atoms with Crippen molar-refractivity contribution >= 4 is 79.7 Å². The van der Waals surface area contributed by atoms with Gasteiger partial charge in [-0.3, -0.25) is 0 Å². The van der Waals surface area contributed by atoms with Crippen LogP contribution in [0.15, 0.2) is 12.1 Å². The zero-order chi connectivity index (χ0) is 19.1. The lowest BCUT2D eigenvalue weighted by Crippen LogP contribution is -2.64. The lowest BCUT2D eigenvalue weighted by atomic mass is 10.0. The first-order chi connectivity index (χ1) is 10.7. The molecule has 0 N–H and O–H groups in total. The highest BCUT2D eigenvalue weighted by molar-refractivity contribution is 14.1. The van der Waals surface area contributed by atoms with Crippen LogP contribution in [0.3, 0.4) is 0 Å². The summed E-state index contributed by atoms with van der Waals surface area (Å²) in [6.07, 6.45) is 0. The molecular weight excluding hydrogens is 691 g/mol. The van der Waals surface area contributed by atoms with Gasteiger partial charge in [-0.2, -0.15) is 26.3 Å². The molecule has 1 aromatic rings. The van der Waals surface area contributed by atoms with Crippen LogP contribution >= 0.6 is 67.8 Å². The fraction of sp³-hybridized carbons (Fsp3) is 0.273. The Morgan fingerprint density at radius 3 is 1.71 bits per heavy atom.